The van der Waals surface area contributed by atoms with E-state index in [1.165, 1.54) is 19.3 Å². The molecule has 0 bridgehead atoms. The third-order valence-corrected chi connectivity index (χ3v) is 4.20. The van der Waals surface area contributed by atoms with Gasteiger partial charge in [-0.05, 0) is 32.1 Å². The number of rotatable bonds is 5. The summed E-state index contributed by atoms with van der Waals surface area (Å²) < 4.78 is 5.50. The van der Waals surface area contributed by atoms with E-state index in [-0.39, 0.29) is 5.91 Å². The monoisotopic (exact) mass is 254 g/mol. The van der Waals surface area contributed by atoms with Gasteiger partial charge in [0.1, 0.15) is 0 Å². The zero-order chi connectivity index (χ0) is 12.8. The molecule has 1 heterocycles. The quantitative estimate of drug-likeness (QED) is 0.781. The third-order valence-electron chi connectivity index (χ3n) is 4.20. The van der Waals surface area contributed by atoms with E-state index >= 15 is 0 Å². The van der Waals surface area contributed by atoms with Crippen LogP contribution in [0.4, 0.5) is 0 Å². The number of hydrogen-bond acceptors (Lipinski definition) is 3. The second-order valence-corrected chi connectivity index (χ2v) is 5.66. The number of nitrogens with one attached hydrogen (secondary N) is 2. The summed E-state index contributed by atoms with van der Waals surface area (Å²) in [6, 6.07) is 0.418. The van der Waals surface area contributed by atoms with Crippen LogP contribution in [0.15, 0.2) is 0 Å². The van der Waals surface area contributed by atoms with Gasteiger partial charge >= 0.3 is 0 Å². The molecule has 1 saturated heterocycles. The van der Waals surface area contributed by atoms with Gasteiger partial charge in [-0.1, -0.05) is 19.3 Å². The molecule has 104 valence electrons. The number of amides is 1. The van der Waals surface area contributed by atoms with Crippen molar-refractivity contribution in [1.29, 1.82) is 0 Å². The molecule has 1 amide bonds. The number of carbonyl (C=O) groups excluding carboxylic acids is 1. The summed E-state index contributed by atoms with van der Waals surface area (Å²) in [5.74, 6) is 0.709. The maximum Gasteiger partial charge on any atom is 0.234 e. The molecule has 0 aromatic carbocycles. The molecule has 1 saturated carbocycles. The Bertz CT molecular complexity index is 265. The molecule has 4 heteroatoms. The standard InChI is InChI=1S/C14H26N2O2/c1-11-12(7-8-18-11)9-15-10-14(17)16-13-5-3-2-4-6-13/h11-13,15H,2-10H2,1H3,(H,16,17). The highest BCUT2D eigenvalue weighted by atomic mass is 16.5. The van der Waals surface area contributed by atoms with Gasteiger partial charge in [-0.3, -0.25) is 4.79 Å². The fraction of sp³-hybridized carbons (Fsp3) is 0.929. The second-order valence-electron chi connectivity index (χ2n) is 5.66. The molecule has 0 aromatic heterocycles. The van der Waals surface area contributed by atoms with Crippen LogP contribution >= 0.6 is 0 Å². The lowest BCUT2D eigenvalue weighted by atomic mass is 9.95. The molecule has 18 heavy (non-hydrogen) atoms. The van der Waals surface area contributed by atoms with E-state index in [1.807, 2.05) is 0 Å². The minimum absolute atomic E-state index is 0.147. The van der Waals surface area contributed by atoms with Crippen LogP contribution in [0.2, 0.25) is 0 Å². The average molecular weight is 254 g/mol. The van der Waals surface area contributed by atoms with Crippen molar-refractivity contribution in [1.82, 2.24) is 10.6 Å². The lowest BCUT2D eigenvalue weighted by Gasteiger charge is -2.23. The SMILES string of the molecule is CC1OCCC1CNCC(=O)NC1CCCCC1. The maximum absolute atomic E-state index is 11.8. The number of ether oxygens (including phenoxy) is 1. The van der Waals surface area contributed by atoms with E-state index < -0.39 is 0 Å². The van der Waals surface area contributed by atoms with Gasteiger partial charge in [0.05, 0.1) is 12.6 Å². The molecule has 2 N–H and O–H groups in total. The fourth-order valence-corrected chi connectivity index (χ4v) is 2.94. The van der Waals surface area contributed by atoms with Crippen LogP contribution in [0.5, 0.6) is 0 Å². The Labute approximate surface area is 110 Å². The predicted octanol–water partition coefficient (Wildman–Crippen LogP) is 1.45. The highest BCUT2D eigenvalue weighted by molar-refractivity contribution is 5.78. The van der Waals surface area contributed by atoms with Gasteiger partial charge in [0, 0.05) is 19.2 Å². The first-order valence-corrected chi connectivity index (χ1v) is 7.37. The summed E-state index contributed by atoms with van der Waals surface area (Å²) in [5, 5.41) is 6.38. The summed E-state index contributed by atoms with van der Waals surface area (Å²) in [7, 11) is 0. The van der Waals surface area contributed by atoms with Crippen LogP contribution in [0.3, 0.4) is 0 Å². The van der Waals surface area contributed by atoms with Crippen molar-refractivity contribution in [3.8, 4) is 0 Å². The Balaban J connectivity index is 1.56. The molecule has 4 nitrogen and oxygen atoms in total. The van der Waals surface area contributed by atoms with Gasteiger partial charge in [-0.25, -0.2) is 0 Å². The van der Waals surface area contributed by atoms with Gasteiger partial charge in [-0.15, -0.1) is 0 Å². The van der Waals surface area contributed by atoms with E-state index in [0.29, 0.717) is 24.6 Å². The lowest BCUT2D eigenvalue weighted by molar-refractivity contribution is -0.121. The minimum Gasteiger partial charge on any atom is -0.378 e. The Hall–Kier alpha value is -0.610. The lowest BCUT2D eigenvalue weighted by Crippen LogP contribution is -2.42. The van der Waals surface area contributed by atoms with Gasteiger partial charge in [-0.2, -0.15) is 0 Å². The first-order chi connectivity index (χ1) is 8.75. The summed E-state index contributed by atoms with van der Waals surface area (Å²) in [5.41, 5.74) is 0. The third kappa shape index (κ3) is 4.25. The van der Waals surface area contributed by atoms with Crippen LogP contribution in [0, 0.1) is 5.92 Å². The Morgan fingerprint density at radius 2 is 2.00 bits per heavy atom. The summed E-state index contributed by atoms with van der Waals surface area (Å²) >= 11 is 0. The number of carbonyl (C=O) groups is 1. The summed E-state index contributed by atoms with van der Waals surface area (Å²) in [6.07, 6.45) is 7.59. The fourth-order valence-electron chi connectivity index (χ4n) is 2.94. The van der Waals surface area contributed by atoms with Gasteiger partial charge in [0.25, 0.3) is 0 Å². The van der Waals surface area contributed by atoms with Crippen molar-refractivity contribution in [2.24, 2.45) is 5.92 Å². The van der Waals surface area contributed by atoms with Crippen molar-refractivity contribution >= 4 is 5.91 Å². The molecule has 2 atom stereocenters. The molecule has 1 aliphatic heterocycles. The van der Waals surface area contributed by atoms with E-state index in [9.17, 15) is 4.79 Å². The van der Waals surface area contributed by atoms with E-state index in [0.717, 1.165) is 32.4 Å². The van der Waals surface area contributed by atoms with Crippen molar-refractivity contribution < 1.29 is 9.53 Å². The van der Waals surface area contributed by atoms with Crippen LogP contribution in [-0.4, -0.2) is 37.7 Å². The van der Waals surface area contributed by atoms with Gasteiger partial charge in [0.2, 0.25) is 5.91 Å². The van der Waals surface area contributed by atoms with E-state index in [1.54, 1.807) is 0 Å². The molecule has 2 unspecified atom stereocenters. The van der Waals surface area contributed by atoms with Crippen molar-refractivity contribution in [3.63, 3.8) is 0 Å². The Morgan fingerprint density at radius 3 is 2.67 bits per heavy atom. The van der Waals surface area contributed by atoms with Crippen LogP contribution in [-0.2, 0) is 9.53 Å². The molecule has 1 aliphatic carbocycles. The first-order valence-electron chi connectivity index (χ1n) is 7.37. The predicted molar refractivity (Wildman–Crippen MR) is 71.4 cm³/mol. The molecule has 0 aromatic rings. The average Bonchev–Trinajstić information content (AvgIpc) is 2.76. The molecule has 2 rings (SSSR count). The molecule has 0 radical (unpaired) electrons. The normalized spacial score (nSPS) is 29.4. The highest BCUT2D eigenvalue weighted by Crippen LogP contribution is 2.19. The number of hydrogen-bond donors (Lipinski definition) is 2. The van der Waals surface area contributed by atoms with Crippen molar-refractivity contribution in [2.75, 3.05) is 19.7 Å². The Morgan fingerprint density at radius 1 is 1.22 bits per heavy atom. The highest BCUT2D eigenvalue weighted by Gasteiger charge is 2.23. The minimum atomic E-state index is 0.147. The van der Waals surface area contributed by atoms with Gasteiger partial charge in [0.15, 0.2) is 0 Å². The zero-order valence-corrected chi connectivity index (χ0v) is 11.4. The smallest absolute Gasteiger partial charge is 0.234 e. The molecule has 2 fully saturated rings. The van der Waals surface area contributed by atoms with Gasteiger partial charge < -0.3 is 15.4 Å². The van der Waals surface area contributed by atoms with Crippen molar-refractivity contribution in [3.05, 3.63) is 0 Å². The summed E-state index contributed by atoms with van der Waals surface area (Å²) in [6.45, 7) is 4.31. The van der Waals surface area contributed by atoms with Crippen LogP contribution < -0.4 is 10.6 Å². The van der Waals surface area contributed by atoms with E-state index in [4.69, 9.17) is 4.74 Å². The van der Waals surface area contributed by atoms with Crippen LogP contribution in [0.1, 0.15) is 45.4 Å². The van der Waals surface area contributed by atoms with E-state index in [2.05, 4.69) is 17.6 Å². The first kappa shape index (κ1) is 13.8. The maximum atomic E-state index is 11.8. The van der Waals surface area contributed by atoms with Crippen molar-refractivity contribution in [2.45, 2.75) is 57.6 Å². The molecular weight excluding hydrogens is 228 g/mol. The molecule has 2 aliphatic rings. The topological polar surface area (TPSA) is 50.4 Å². The zero-order valence-electron chi connectivity index (χ0n) is 11.4. The Kier molecular flexibility index (Phi) is 5.45. The second kappa shape index (κ2) is 7.10. The van der Waals surface area contributed by atoms with Crippen LogP contribution in [0.25, 0.3) is 0 Å². The summed E-state index contributed by atoms with van der Waals surface area (Å²) in [4.78, 5) is 11.8. The molecular formula is C14H26N2O2. The largest absolute Gasteiger partial charge is 0.378 e. The molecule has 0 spiro atoms.